The lowest BCUT2D eigenvalue weighted by Gasteiger charge is -1.83. The molecule has 5 heteroatoms. The molecule has 0 aromatic carbocycles. The molecule has 1 aliphatic rings. The maximum absolute atomic E-state index is 3.32. The topological polar surface area (TPSA) is 12.0 Å². The maximum atomic E-state index is 3.32. The van der Waals surface area contributed by atoms with Crippen molar-refractivity contribution in [3.63, 3.8) is 0 Å². The molecule has 0 amide bonds. The van der Waals surface area contributed by atoms with Gasteiger partial charge in [-0.3, -0.25) is 0 Å². The molecule has 40 valence electrons. The zero-order valence-corrected chi connectivity index (χ0v) is 7.88. The highest BCUT2D eigenvalue weighted by Crippen LogP contribution is 2.42. The summed E-state index contributed by atoms with van der Waals surface area (Å²) in [4.78, 5) is 0. The van der Waals surface area contributed by atoms with Crippen molar-refractivity contribution in [2.24, 2.45) is 0 Å². The molecule has 1 N–H and O–H groups in total. The van der Waals surface area contributed by atoms with Crippen molar-refractivity contribution in [1.82, 2.24) is 4.72 Å². The fraction of sp³-hybridized carbons (Fsp3) is 0. The summed E-state index contributed by atoms with van der Waals surface area (Å²) in [5.74, 6) is 0. The zero-order chi connectivity index (χ0) is 5.28. The zero-order valence-electron chi connectivity index (χ0n) is 3.07. The van der Waals surface area contributed by atoms with Crippen LogP contribution in [-0.4, -0.2) is 0 Å². The summed E-state index contributed by atoms with van der Waals surface area (Å²) in [7, 11) is 3.25. The highest BCUT2D eigenvalue weighted by molar-refractivity contribution is 9.18. The Morgan fingerprint density at radius 3 is 2.29 bits per heavy atom. The molecule has 0 bridgehead atoms. The summed E-state index contributed by atoms with van der Waals surface area (Å²) in [5, 5.41) is 0. The van der Waals surface area contributed by atoms with Gasteiger partial charge in [0.2, 0.25) is 0 Å². The lowest BCUT2D eigenvalue weighted by atomic mass is 11.1. The second kappa shape index (κ2) is 2.66. The molecule has 0 aromatic rings. The summed E-state index contributed by atoms with van der Waals surface area (Å²) in [6, 6.07) is 0. The summed E-state index contributed by atoms with van der Waals surface area (Å²) >= 11 is 6.60. The van der Waals surface area contributed by atoms with Crippen molar-refractivity contribution in [3.8, 4) is 0 Å². The molecule has 1 aliphatic heterocycles. The van der Waals surface area contributed by atoms with E-state index in [-0.39, 0.29) is 0 Å². The SMILES string of the molecule is BrC1=C(Br)SSN1. The van der Waals surface area contributed by atoms with Crippen LogP contribution in [0.4, 0.5) is 0 Å². The Bertz CT molecular complexity index is 100. The van der Waals surface area contributed by atoms with Crippen LogP contribution in [0.3, 0.4) is 0 Å². The minimum atomic E-state index is 1.03. The number of nitrogens with one attached hydrogen (secondary N) is 1. The van der Waals surface area contributed by atoms with Gasteiger partial charge in [-0.05, 0) is 42.7 Å². The van der Waals surface area contributed by atoms with E-state index in [0.717, 1.165) is 8.42 Å². The van der Waals surface area contributed by atoms with E-state index in [4.69, 9.17) is 0 Å². The fourth-order valence-corrected chi connectivity index (χ4v) is 3.45. The van der Waals surface area contributed by atoms with E-state index in [1.54, 1.807) is 21.8 Å². The molecule has 0 aliphatic carbocycles. The van der Waals surface area contributed by atoms with Crippen molar-refractivity contribution in [2.45, 2.75) is 0 Å². The quantitative estimate of drug-likeness (QED) is 0.410. The predicted octanol–water partition coefficient (Wildman–Crippen LogP) is 2.80. The molecule has 0 saturated heterocycles. The minimum absolute atomic E-state index is 1.03. The highest BCUT2D eigenvalue weighted by atomic mass is 79.9. The van der Waals surface area contributed by atoms with Crippen LogP contribution < -0.4 is 4.72 Å². The van der Waals surface area contributed by atoms with Crippen LogP contribution in [0.5, 0.6) is 0 Å². The van der Waals surface area contributed by atoms with Crippen LogP contribution >= 0.6 is 53.6 Å². The number of halogens is 2. The van der Waals surface area contributed by atoms with E-state index in [2.05, 4.69) is 36.6 Å². The standard InChI is InChI=1S/C2HBr2NS2/c3-1-2(4)6-7-5-1/h5H. The molecule has 1 nitrogen and oxygen atoms in total. The molecule has 0 unspecified atom stereocenters. The van der Waals surface area contributed by atoms with Crippen LogP contribution in [0.1, 0.15) is 0 Å². The molecule has 0 spiro atoms. The van der Waals surface area contributed by atoms with Gasteiger partial charge in [-0.2, -0.15) is 0 Å². The van der Waals surface area contributed by atoms with Crippen LogP contribution in [0.2, 0.25) is 0 Å². The van der Waals surface area contributed by atoms with E-state index in [1.165, 1.54) is 0 Å². The van der Waals surface area contributed by atoms with Crippen LogP contribution in [0, 0.1) is 0 Å². The Hall–Kier alpha value is 1.20. The largest absolute Gasteiger partial charge is 0.313 e. The van der Waals surface area contributed by atoms with Gasteiger partial charge in [-0.25, -0.2) is 0 Å². The van der Waals surface area contributed by atoms with Gasteiger partial charge in [-0.15, -0.1) is 0 Å². The second-order valence-electron chi connectivity index (χ2n) is 0.856. The molecule has 1 rings (SSSR count). The van der Waals surface area contributed by atoms with E-state index in [1.807, 2.05) is 0 Å². The van der Waals surface area contributed by atoms with Gasteiger partial charge in [0, 0.05) is 11.0 Å². The first-order chi connectivity index (χ1) is 3.30. The van der Waals surface area contributed by atoms with Crippen molar-refractivity contribution in [3.05, 3.63) is 8.42 Å². The molecule has 0 radical (unpaired) electrons. The van der Waals surface area contributed by atoms with Crippen LogP contribution in [0.15, 0.2) is 8.42 Å². The average molecular weight is 263 g/mol. The lowest BCUT2D eigenvalue weighted by molar-refractivity contribution is 1.42. The number of hydrogen-bond donors (Lipinski definition) is 1. The molecule has 7 heavy (non-hydrogen) atoms. The molecule has 0 aromatic heterocycles. The van der Waals surface area contributed by atoms with Gasteiger partial charge >= 0.3 is 0 Å². The predicted molar refractivity (Wildman–Crippen MR) is 43.2 cm³/mol. The maximum Gasteiger partial charge on any atom is 0.110 e. The normalized spacial score (nSPS) is 20.3. The second-order valence-corrected chi connectivity index (χ2v) is 4.91. The highest BCUT2D eigenvalue weighted by Gasteiger charge is 2.08. The first kappa shape index (κ1) is 6.32. The van der Waals surface area contributed by atoms with Gasteiger partial charge in [0.15, 0.2) is 0 Å². The average Bonchev–Trinajstić information content (AvgIpc) is 1.91. The molecule has 0 fully saturated rings. The van der Waals surface area contributed by atoms with E-state index in [0.29, 0.717) is 0 Å². The molecule has 0 saturated carbocycles. The van der Waals surface area contributed by atoms with Crippen LogP contribution in [0.25, 0.3) is 0 Å². The summed E-state index contributed by atoms with van der Waals surface area (Å²) in [5.41, 5.74) is 0. The van der Waals surface area contributed by atoms with E-state index < -0.39 is 0 Å². The summed E-state index contributed by atoms with van der Waals surface area (Å²) in [6.45, 7) is 0. The fourth-order valence-electron chi connectivity index (χ4n) is 0.171. The first-order valence-corrected chi connectivity index (χ1v) is 5.19. The van der Waals surface area contributed by atoms with Gasteiger partial charge < -0.3 is 4.72 Å². The van der Waals surface area contributed by atoms with Crippen molar-refractivity contribution >= 4 is 53.6 Å². The first-order valence-electron chi connectivity index (χ1n) is 1.45. The van der Waals surface area contributed by atoms with Crippen LogP contribution in [-0.2, 0) is 0 Å². The molecular weight excluding hydrogens is 262 g/mol. The molecule has 0 atom stereocenters. The van der Waals surface area contributed by atoms with Crippen molar-refractivity contribution in [2.75, 3.05) is 0 Å². The molecule has 1 heterocycles. The Morgan fingerprint density at radius 2 is 2.14 bits per heavy atom. The third-order valence-corrected chi connectivity index (χ3v) is 5.32. The lowest BCUT2D eigenvalue weighted by Crippen LogP contribution is -1.86. The Labute approximate surface area is 66.5 Å². The molecular formula is C2HBr2NS2. The monoisotopic (exact) mass is 261 g/mol. The summed E-state index contributed by atoms with van der Waals surface area (Å²) < 4.78 is 5.15. The van der Waals surface area contributed by atoms with E-state index >= 15 is 0 Å². The third kappa shape index (κ3) is 1.55. The van der Waals surface area contributed by atoms with Gasteiger partial charge in [0.05, 0.1) is 3.81 Å². The van der Waals surface area contributed by atoms with Gasteiger partial charge in [0.25, 0.3) is 0 Å². The van der Waals surface area contributed by atoms with Crippen molar-refractivity contribution < 1.29 is 0 Å². The Kier molecular flexibility index (Phi) is 2.40. The minimum Gasteiger partial charge on any atom is -0.313 e. The Balaban J connectivity index is 2.64. The van der Waals surface area contributed by atoms with E-state index in [9.17, 15) is 0 Å². The Morgan fingerprint density at radius 1 is 1.43 bits per heavy atom. The summed E-state index contributed by atoms with van der Waals surface area (Å²) in [6.07, 6.45) is 0. The smallest absolute Gasteiger partial charge is 0.110 e. The third-order valence-electron chi connectivity index (χ3n) is 0.419. The number of rotatable bonds is 0. The van der Waals surface area contributed by atoms with Gasteiger partial charge in [-0.1, -0.05) is 0 Å². The van der Waals surface area contributed by atoms with Gasteiger partial charge in [0.1, 0.15) is 4.61 Å². The number of hydrogen-bond acceptors (Lipinski definition) is 3. The van der Waals surface area contributed by atoms with Crippen molar-refractivity contribution in [1.29, 1.82) is 0 Å².